The van der Waals surface area contributed by atoms with Crippen LogP contribution < -0.4 is 4.90 Å². The minimum absolute atomic E-state index is 0.220. The average Bonchev–Trinajstić information content (AvgIpc) is 3.24. The predicted octanol–water partition coefficient (Wildman–Crippen LogP) is 2.72. The molecule has 1 aliphatic heterocycles. The molecular formula is C24H34FN3O5. The molecule has 1 saturated heterocycles. The summed E-state index contributed by atoms with van der Waals surface area (Å²) < 4.78 is 35.5. The summed E-state index contributed by atoms with van der Waals surface area (Å²) in [5, 5.41) is 14.9. The predicted molar refractivity (Wildman–Crippen MR) is 124 cm³/mol. The van der Waals surface area contributed by atoms with E-state index in [0.29, 0.717) is 70.7 Å². The summed E-state index contributed by atoms with van der Waals surface area (Å²) in [5.41, 5.74) is 2.35. The first-order valence-electron chi connectivity index (χ1n) is 11.3. The standard InChI is InChI=1S/C24H34FN3O5/c1-3-12-32-18-21(29)16-27(9-4-13-30-2)17-22-23(19-5-7-20(25)8-6-19)26-33-24(22)28-10-14-31-15-11-28/h3,5-8,21,29H,1,4,9-18H2,2H3/t21-/m1/s1. The number of aliphatic hydroxyl groups excluding tert-OH is 1. The molecule has 0 amide bonds. The second kappa shape index (κ2) is 13.4. The molecule has 0 aliphatic carbocycles. The smallest absolute Gasteiger partial charge is 0.232 e. The van der Waals surface area contributed by atoms with E-state index in [2.05, 4.69) is 21.5 Å². The van der Waals surface area contributed by atoms with E-state index in [1.165, 1.54) is 12.1 Å². The number of hydrogen-bond acceptors (Lipinski definition) is 8. The third kappa shape index (κ3) is 7.62. The first-order chi connectivity index (χ1) is 16.1. The molecule has 2 aromatic rings. The van der Waals surface area contributed by atoms with Crippen LogP contribution in [-0.4, -0.2) is 87.6 Å². The SMILES string of the molecule is C=CCOC[C@H](O)CN(CCCOC)Cc1c(-c2ccc(F)cc2)noc1N1CCOCC1. The normalized spacial score (nSPS) is 15.2. The molecule has 0 saturated carbocycles. The molecule has 2 heterocycles. The van der Waals surface area contributed by atoms with Crippen molar-refractivity contribution in [2.24, 2.45) is 0 Å². The van der Waals surface area contributed by atoms with Gasteiger partial charge in [-0.1, -0.05) is 11.2 Å². The zero-order valence-corrected chi connectivity index (χ0v) is 19.2. The van der Waals surface area contributed by atoms with Gasteiger partial charge in [0.2, 0.25) is 5.88 Å². The molecule has 1 aromatic carbocycles. The molecule has 0 spiro atoms. The highest BCUT2D eigenvalue weighted by Gasteiger charge is 2.26. The number of benzene rings is 1. The summed E-state index contributed by atoms with van der Waals surface area (Å²) in [6, 6.07) is 6.23. The number of anilines is 1. The molecule has 1 aromatic heterocycles. The van der Waals surface area contributed by atoms with Gasteiger partial charge in [-0.3, -0.25) is 4.90 Å². The van der Waals surface area contributed by atoms with Crippen LogP contribution in [-0.2, 0) is 20.8 Å². The van der Waals surface area contributed by atoms with Gasteiger partial charge in [0.1, 0.15) is 11.5 Å². The molecule has 0 bridgehead atoms. The van der Waals surface area contributed by atoms with E-state index in [4.69, 9.17) is 18.7 Å². The van der Waals surface area contributed by atoms with Crippen LogP contribution >= 0.6 is 0 Å². The van der Waals surface area contributed by atoms with E-state index in [1.807, 2.05) is 0 Å². The van der Waals surface area contributed by atoms with E-state index in [1.54, 1.807) is 25.3 Å². The molecule has 9 heteroatoms. The Balaban J connectivity index is 1.85. The zero-order valence-electron chi connectivity index (χ0n) is 19.2. The van der Waals surface area contributed by atoms with E-state index in [9.17, 15) is 9.50 Å². The number of morpholine rings is 1. The second-order valence-electron chi connectivity index (χ2n) is 7.98. The molecule has 33 heavy (non-hydrogen) atoms. The number of nitrogens with zero attached hydrogens (tertiary/aromatic N) is 3. The number of rotatable bonds is 14. The van der Waals surface area contributed by atoms with E-state index >= 15 is 0 Å². The highest BCUT2D eigenvalue weighted by Crippen LogP contribution is 2.33. The fourth-order valence-corrected chi connectivity index (χ4v) is 3.82. The van der Waals surface area contributed by atoms with E-state index in [-0.39, 0.29) is 12.4 Å². The third-order valence-electron chi connectivity index (χ3n) is 5.40. The number of aliphatic hydroxyl groups is 1. The van der Waals surface area contributed by atoms with Gasteiger partial charge in [0.25, 0.3) is 0 Å². The summed E-state index contributed by atoms with van der Waals surface area (Å²) in [7, 11) is 1.67. The van der Waals surface area contributed by atoms with Crippen LogP contribution in [0.15, 0.2) is 41.4 Å². The van der Waals surface area contributed by atoms with Gasteiger partial charge in [0, 0.05) is 52.0 Å². The van der Waals surface area contributed by atoms with Gasteiger partial charge >= 0.3 is 0 Å². The summed E-state index contributed by atoms with van der Waals surface area (Å²) in [5.74, 6) is 0.382. The molecule has 1 atom stereocenters. The number of halogens is 1. The molecule has 1 aliphatic rings. The fourth-order valence-electron chi connectivity index (χ4n) is 3.82. The molecule has 182 valence electrons. The Morgan fingerprint density at radius 2 is 2.06 bits per heavy atom. The van der Waals surface area contributed by atoms with Crippen molar-refractivity contribution in [3.05, 3.63) is 48.3 Å². The van der Waals surface area contributed by atoms with Crippen LogP contribution in [0, 0.1) is 5.82 Å². The maximum absolute atomic E-state index is 13.5. The lowest BCUT2D eigenvalue weighted by molar-refractivity contribution is 0.0230. The molecule has 1 fully saturated rings. The molecule has 3 rings (SSSR count). The van der Waals surface area contributed by atoms with Gasteiger partial charge in [-0.05, 0) is 30.7 Å². The zero-order chi connectivity index (χ0) is 23.5. The van der Waals surface area contributed by atoms with Gasteiger partial charge in [-0.2, -0.15) is 0 Å². The monoisotopic (exact) mass is 463 g/mol. The lowest BCUT2D eigenvalue weighted by Gasteiger charge is -2.29. The highest BCUT2D eigenvalue weighted by molar-refractivity contribution is 5.68. The van der Waals surface area contributed by atoms with Gasteiger partial charge in [-0.25, -0.2) is 4.39 Å². The van der Waals surface area contributed by atoms with Crippen molar-refractivity contribution in [1.29, 1.82) is 0 Å². The Kier molecular flexibility index (Phi) is 10.3. The lowest BCUT2D eigenvalue weighted by atomic mass is 10.1. The number of hydrogen-bond donors (Lipinski definition) is 1. The van der Waals surface area contributed by atoms with E-state index < -0.39 is 6.10 Å². The van der Waals surface area contributed by atoms with Crippen molar-refractivity contribution in [3.63, 3.8) is 0 Å². The molecular weight excluding hydrogens is 429 g/mol. The summed E-state index contributed by atoms with van der Waals surface area (Å²) >= 11 is 0. The second-order valence-corrected chi connectivity index (χ2v) is 7.98. The van der Waals surface area contributed by atoms with Gasteiger partial charge in [0.15, 0.2) is 0 Å². The Labute approximate surface area is 194 Å². The van der Waals surface area contributed by atoms with Crippen LogP contribution in [0.4, 0.5) is 10.3 Å². The van der Waals surface area contributed by atoms with Crippen LogP contribution in [0.2, 0.25) is 0 Å². The number of methoxy groups -OCH3 is 1. The molecule has 8 nitrogen and oxygen atoms in total. The van der Waals surface area contributed by atoms with Crippen molar-refractivity contribution in [1.82, 2.24) is 10.1 Å². The van der Waals surface area contributed by atoms with Crippen molar-refractivity contribution in [3.8, 4) is 11.3 Å². The van der Waals surface area contributed by atoms with E-state index in [0.717, 1.165) is 17.5 Å². The maximum Gasteiger partial charge on any atom is 0.232 e. The van der Waals surface area contributed by atoms with Gasteiger partial charge < -0.3 is 28.7 Å². The quantitative estimate of drug-likeness (QED) is 0.338. The van der Waals surface area contributed by atoms with Crippen molar-refractivity contribution in [2.75, 3.05) is 71.2 Å². The van der Waals surface area contributed by atoms with Crippen molar-refractivity contribution in [2.45, 2.75) is 19.1 Å². The first-order valence-corrected chi connectivity index (χ1v) is 11.3. The first kappa shape index (κ1) is 25.3. The summed E-state index contributed by atoms with van der Waals surface area (Å²) in [6.45, 7) is 9.12. The molecule has 0 radical (unpaired) electrons. The minimum atomic E-state index is -0.659. The minimum Gasteiger partial charge on any atom is -0.389 e. The largest absolute Gasteiger partial charge is 0.389 e. The Bertz CT molecular complexity index is 839. The van der Waals surface area contributed by atoms with Crippen LogP contribution in [0.25, 0.3) is 11.3 Å². The fraction of sp³-hybridized carbons (Fsp3) is 0.542. The van der Waals surface area contributed by atoms with Crippen LogP contribution in [0.1, 0.15) is 12.0 Å². The van der Waals surface area contributed by atoms with Crippen LogP contribution in [0.3, 0.4) is 0 Å². The Morgan fingerprint density at radius 3 is 2.76 bits per heavy atom. The number of ether oxygens (including phenoxy) is 3. The topological polar surface area (TPSA) is 80.4 Å². The van der Waals surface area contributed by atoms with Crippen molar-refractivity contribution >= 4 is 5.88 Å². The van der Waals surface area contributed by atoms with Crippen molar-refractivity contribution < 1.29 is 28.2 Å². The number of aromatic nitrogens is 1. The van der Waals surface area contributed by atoms with Gasteiger partial charge in [-0.15, -0.1) is 6.58 Å². The van der Waals surface area contributed by atoms with Gasteiger partial charge in [0.05, 0.1) is 38.1 Å². The Hall–Kier alpha value is -2.30. The highest BCUT2D eigenvalue weighted by atomic mass is 19.1. The average molecular weight is 464 g/mol. The summed E-state index contributed by atoms with van der Waals surface area (Å²) in [4.78, 5) is 4.26. The lowest BCUT2D eigenvalue weighted by Crippen LogP contribution is -2.38. The Morgan fingerprint density at radius 1 is 1.30 bits per heavy atom. The molecule has 1 N–H and O–H groups in total. The maximum atomic E-state index is 13.5. The van der Waals surface area contributed by atoms with Crippen LogP contribution in [0.5, 0.6) is 0 Å². The molecule has 0 unspecified atom stereocenters. The summed E-state index contributed by atoms with van der Waals surface area (Å²) in [6.07, 6.45) is 1.80. The third-order valence-corrected chi connectivity index (χ3v) is 5.40.